The Hall–Kier alpha value is -1.01. The molecule has 1 unspecified atom stereocenters. The van der Waals surface area contributed by atoms with Crippen LogP contribution in [0.5, 0.6) is 0 Å². The van der Waals surface area contributed by atoms with Crippen molar-refractivity contribution in [3.63, 3.8) is 0 Å². The van der Waals surface area contributed by atoms with Gasteiger partial charge in [0.15, 0.2) is 5.82 Å². The molecule has 1 saturated heterocycles. The Morgan fingerprint density at radius 2 is 2.15 bits per heavy atom. The molecular formula is C14H23N5S. The largest absolute Gasteiger partial charge is 0.305 e. The van der Waals surface area contributed by atoms with E-state index in [0.29, 0.717) is 0 Å². The summed E-state index contributed by atoms with van der Waals surface area (Å²) in [5.41, 5.74) is 0.0288. The van der Waals surface area contributed by atoms with Crippen LogP contribution in [0.2, 0.25) is 0 Å². The number of nitrogens with zero attached hydrogens (tertiary/aromatic N) is 4. The predicted octanol–water partition coefficient (Wildman–Crippen LogP) is 2.86. The van der Waals surface area contributed by atoms with Gasteiger partial charge in [0.2, 0.25) is 4.96 Å². The topological polar surface area (TPSA) is 55.1 Å². The minimum absolute atomic E-state index is 0.0359. The van der Waals surface area contributed by atoms with E-state index in [9.17, 15) is 0 Å². The van der Waals surface area contributed by atoms with Crippen LogP contribution in [0, 0.1) is 0 Å². The molecule has 2 aromatic rings. The summed E-state index contributed by atoms with van der Waals surface area (Å²) in [5, 5.41) is 18.3. The van der Waals surface area contributed by atoms with Crippen molar-refractivity contribution < 1.29 is 0 Å². The summed E-state index contributed by atoms with van der Waals surface area (Å²) in [6, 6.07) is 0. The average molecular weight is 293 g/mol. The standard InChI is InChI=1S/C14H23N5S/c1-5-7-14(8-6-9-15-14)11-18-19-10(13(2,3)4)16-17-12(19)20-11/h15H,5-9H2,1-4H3. The van der Waals surface area contributed by atoms with Gasteiger partial charge in [0, 0.05) is 5.41 Å². The van der Waals surface area contributed by atoms with Gasteiger partial charge in [-0.25, -0.2) is 0 Å². The number of nitrogens with one attached hydrogen (secondary N) is 1. The number of hydrogen-bond donors (Lipinski definition) is 1. The van der Waals surface area contributed by atoms with E-state index >= 15 is 0 Å². The Kier molecular flexibility index (Phi) is 3.33. The normalized spacial score (nSPS) is 23.8. The maximum Gasteiger partial charge on any atom is 0.234 e. The molecule has 0 radical (unpaired) electrons. The minimum atomic E-state index is -0.0359. The number of aromatic nitrogens is 4. The molecule has 0 spiro atoms. The molecule has 3 heterocycles. The van der Waals surface area contributed by atoms with Crippen LogP contribution in [0.3, 0.4) is 0 Å². The summed E-state index contributed by atoms with van der Waals surface area (Å²) in [7, 11) is 0. The molecule has 2 aromatic heterocycles. The van der Waals surface area contributed by atoms with E-state index in [4.69, 9.17) is 5.10 Å². The Labute approximate surface area is 123 Å². The zero-order valence-electron chi connectivity index (χ0n) is 12.7. The van der Waals surface area contributed by atoms with Gasteiger partial charge in [-0.15, -0.1) is 10.2 Å². The predicted molar refractivity (Wildman–Crippen MR) is 81.2 cm³/mol. The second-order valence-electron chi connectivity index (χ2n) is 6.74. The van der Waals surface area contributed by atoms with Crippen LogP contribution in [-0.2, 0) is 11.0 Å². The van der Waals surface area contributed by atoms with Gasteiger partial charge in [0.1, 0.15) is 5.01 Å². The van der Waals surface area contributed by atoms with E-state index < -0.39 is 0 Å². The molecule has 5 nitrogen and oxygen atoms in total. The van der Waals surface area contributed by atoms with E-state index in [1.807, 2.05) is 4.52 Å². The van der Waals surface area contributed by atoms with Crippen molar-refractivity contribution in [1.29, 1.82) is 0 Å². The lowest BCUT2D eigenvalue weighted by atomic mass is 9.93. The molecule has 0 bridgehead atoms. The third-order valence-electron chi connectivity index (χ3n) is 3.99. The molecule has 3 rings (SSSR count). The highest BCUT2D eigenvalue weighted by molar-refractivity contribution is 7.16. The van der Waals surface area contributed by atoms with Gasteiger partial charge in [-0.05, 0) is 25.8 Å². The Morgan fingerprint density at radius 1 is 1.35 bits per heavy atom. The van der Waals surface area contributed by atoms with Crippen molar-refractivity contribution in [3.8, 4) is 0 Å². The van der Waals surface area contributed by atoms with Gasteiger partial charge in [-0.2, -0.15) is 9.61 Å². The molecule has 0 saturated carbocycles. The number of hydrogen-bond acceptors (Lipinski definition) is 5. The summed E-state index contributed by atoms with van der Waals surface area (Å²) < 4.78 is 1.94. The zero-order chi connectivity index (χ0) is 14.4. The van der Waals surface area contributed by atoms with E-state index in [1.54, 1.807) is 11.3 Å². The highest BCUT2D eigenvalue weighted by Crippen LogP contribution is 2.38. The maximum atomic E-state index is 4.86. The van der Waals surface area contributed by atoms with E-state index in [1.165, 1.54) is 24.3 Å². The molecule has 20 heavy (non-hydrogen) atoms. The van der Waals surface area contributed by atoms with Crippen molar-refractivity contribution in [2.45, 2.75) is 64.3 Å². The second-order valence-corrected chi connectivity index (χ2v) is 7.69. The average Bonchev–Trinajstić information content (AvgIpc) is 3.00. The van der Waals surface area contributed by atoms with Crippen LogP contribution in [0.15, 0.2) is 0 Å². The van der Waals surface area contributed by atoms with Gasteiger partial charge < -0.3 is 5.32 Å². The molecular weight excluding hydrogens is 270 g/mol. The molecule has 1 N–H and O–H groups in total. The van der Waals surface area contributed by atoms with Crippen LogP contribution in [0.4, 0.5) is 0 Å². The summed E-state index contributed by atoms with van der Waals surface area (Å²) in [6.07, 6.45) is 4.71. The fraction of sp³-hybridized carbons (Fsp3) is 0.786. The van der Waals surface area contributed by atoms with Crippen molar-refractivity contribution in [3.05, 3.63) is 10.8 Å². The van der Waals surface area contributed by atoms with Crippen molar-refractivity contribution in [2.24, 2.45) is 0 Å². The zero-order valence-corrected chi connectivity index (χ0v) is 13.5. The lowest BCUT2D eigenvalue weighted by Gasteiger charge is -2.26. The van der Waals surface area contributed by atoms with Gasteiger partial charge in [0.05, 0.1) is 5.54 Å². The van der Waals surface area contributed by atoms with Crippen LogP contribution in [0.25, 0.3) is 4.96 Å². The second kappa shape index (κ2) is 4.77. The van der Waals surface area contributed by atoms with E-state index in [-0.39, 0.29) is 11.0 Å². The summed E-state index contributed by atoms with van der Waals surface area (Å²) in [5.74, 6) is 0.944. The molecule has 6 heteroatoms. The third-order valence-corrected chi connectivity index (χ3v) is 5.09. The molecule has 1 atom stereocenters. The Balaban J connectivity index is 2.06. The summed E-state index contributed by atoms with van der Waals surface area (Å²) in [4.78, 5) is 0.911. The van der Waals surface area contributed by atoms with Gasteiger partial charge in [-0.3, -0.25) is 0 Å². The molecule has 110 valence electrons. The van der Waals surface area contributed by atoms with Crippen molar-refractivity contribution >= 4 is 16.3 Å². The van der Waals surface area contributed by atoms with Crippen LogP contribution >= 0.6 is 11.3 Å². The highest BCUT2D eigenvalue weighted by Gasteiger charge is 2.38. The molecule has 0 aromatic carbocycles. The summed E-state index contributed by atoms with van der Waals surface area (Å²) in [6.45, 7) is 9.78. The van der Waals surface area contributed by atoms with Gasteiger partial charge in [-0.1, -0.05) is 45.5 Å². The van der Waals surface area contributed by atoms with E-state index in [0.717, 1.165) is 23.8 Å². The van der Waals surface area contributed by atoms with Gasteiger partial charge >= 0.3 is 0 Å². The van der Waals surface area contributed by atoms with Crippen LogP contribution in [0.1, 0.15) is 64.2 Å². The number of rotatable bonds is 3. The molecule has 1 fully saturated rings. The third kappa shape index (κ3) is 2.15. The molecule has 0 amide bonds. The van der Waals surface area contributed by atoms with E-state index in [2.05, 4.69) is 43.2 Å². The maximum absolute atomic E-state index is 4.86. The van der Waals surface area contributed by atoms with Crippen LogP contribution in [-0.4, -0.2) is 26.4 Å². The first-order valence-corrected chi connectivity index (χ1v) is 8.26. The quantitative estimate of drug-likeness (QED) is 0.945. The highest BCUT2D eigenvalue weighted by atomic mass is 32.1. The molecule has 1 aliphatic heterocycles. The minimum Gasteiger partial charge on any atom is -0.305 e. The fourth-order valence-corrected chi connectivity index (χ4v) is 4.08. The van der Waals surface area contributed by atoms with Crippen molar-refractivity contribution in [2.75, 3.05) is 6.54 Å². The first-order chi connectivity index (χ1) is 9.46. The first-order valence-electron chi connectivity index (χ1n) is 7.44. The number of fused-ring (bicyclic) bond motifs is 1. The Bertz CT molecular complexity index is 601. The molecule has 1 aliphatic rings. The van der Waals surface area contributed by atoms with Gasteiger partial charge in [0.25, 0.3) is 0 Å². The van der Waals surface area contributed by atoms with Crippen molar-refractivity contribution in [1.82, 2.24) is 25.1 Å². The monoisotopic (exact) mass is 293 g/mol. The lowest BCUT2D eigenvalue weighted by molar-refractivity contribution is 0.349. The Morgan fingerprint density at radius 3 is 2.75 bits per heavy atom. The van der Waals surface area contributed by atoms with Crippen LogP contribution < -0.4 is 5.32 Å². The first kappa shape index (κ1) is 13.9. The fourth-order valence-electron chi connectivity index (χ4n) is 3.01. The molecule has 0 aliphatic carbocycles. The lowest BCUT2D eigenvalue weighted by Crippen LogP contribution is -2.36. The smallest absolute Gasteiger partial charge is 0.234 e. The SMILES string of the molecule is CCCC1(c2nn3c(C(C)(C)C)nnc3s2)CCCN1. The summed E-state index contributed by atoms with van der Waals surface area (Å²) >= 11 is 1.69.